The van der Waals surface area contributed by atoms with E-state index in [1.54, 1.807) is 19.2 Å². The highest BCUT2D eigenvalue weighted by Crippen LogP contribution is 2.25. The molecule has 2 rings (SSSR count). The van der Waals surface area contributed by atoms with Crippen LogP contribution in [0.2, 0.25) is 0 Å². The van der Waals surface area contributed by atoms with Crippen molar-refractivity contribution in [3.63, 3.8) is 0 Å². The van der Waals surface area contributed by atoms with Gasteiger partial charge in [0.05, 0.1) is 6.20 Å². The molecule has 0 bridgehead atoms. The average Bonchev–Trinajstić information content (AvgIpc) is 2.77. The molecule has 1 aromatic carbocycles. The molecule has 0 spiro atoms. The van der Waals surface area contributed by atoms with Crippen molar-refractivity contribution >= 4 is 0 Å². The van der Waals surface area contributed by atoms with Gasteiger partial charge in [-0.1, -0.05) is 17.3 Å². The lowest BCUT2D eigenvalue weighted by Crippen LogP contribution is -2.35. The van der Waals surface area contributed by atoms with Crippen LogP contribution >= 0.6 is 0 Å². The molecule has 1 aromatic heterocycles. The smallest absolute Gasteiger partial charge is 0.171 e. The van der Waals surface area contributed by atoms with Crippen LogP contribution in [0.5, 0.6) is 0 Å². The maximum atomic E-state index is 13.6. The first-order chi connectivity index (χ1) is 8.87. The van der Waals surface area contributed by atoms with Gasteiger partial charge in [0, 0.05) is 23.2 Å². The lowest BCUT2D eigenvalue weighted by molar-refractivity contribution is 0.418. The van der Waals surface area contributed by atoms with E-state index in [1.165, 1.54) is 6.07 Å². The molecule has 0 atom stereocenters. The van der Waals surface area contributed by atoms with Gasteiger partial charge < -0.3 is 9.84 Å². The second kappa shape index (κ2) is 5.13. The van der Waals surface area contributed by atoms with Crippen LogP contribution in [0.3, 0.4) is 0 Å². The Bertz CT molecular complexity index is 570. The summed E-state index contributed by atoms with van der Waals surface area (Å²) < 4.78 is 18.9. The largest absolute Gasteiger partial charge is 0.356 e. The van der Waals surface area contributed by atoms with Gasteiger partial charge in [-0.25, -0.2) is 4.39 Å². The molecule has 102 valence electrons. The second-order valence-electron chi connectivity index (χ2n) is 5.75. The standard InChI is InChI=1S/C15H19FN2O/c1-10-5-6-11(7-13(10)16)14-12(9-18-19-14)8-17-15(2,3)4/h5-7,9,17H,8H2,1-4H3. The summed E-state index contributed by atoms with van der Waals surface area (Å²) in [6, 6.07) is 5.07. The molecule has 0 amide bonds. The summed E-state index contributed by atoms with van der Waals surface area (Å²) in [5.74, 6) is 0.388. The van der Waals surface area contributed by atoms with E-state index in [0.717, 1.165) is 5.56 Å². The lowest BCUT2D eigenvalue weighted by Gasteiger charge is -2.20. The van der Waals surface area contributed by atoms with E-state index in [4.69, 9.17) is 4.52 Å². The number of benzene rings is 1. The van der Waals surface area contributed by atoms with Crippen LogP contribution < -0.4 is 5.32 Å². The fourth-order valence-corrected chi connectivity index (χ4v) is 1.72. The molecule has 0 radical (unpaired) electrons. The third kappa shape index (κ3) is 3.41. The van der Waals surface area contributed by atoms with Crippen molar-refractivity contribution in [1.29, 1.82) is 0 Å². The molecule has 3 nitrogen and oxygen atoms in total. The molecule has 0 aliphatic carbocycles. The highest BCUT2D eigenvalue weighted by Gasteiger charge is 2.15. The molecule has 0 fully saturated rings. The predicted octanol–water partition coefficient (Wildman–Crippen LogP) is 3.68. The third-order valence-corrected chi connectivity index (χ3v) is 2.89. The fourth-order valence-electron chi connectivity index (χ4n) is 1.72. The molecular weight excluding hydrogens is 243 g/mol. The van der Waals surface area contributed by atoms with E-state index in [-0.39, 0.29) is 11.4 Å². The number of hydrogen-bond donors (Lipinski definition) is 1. The Balaban J connectivity index is 2.26. The Morgan fingerprint density at radius 2 is 2.05 bits per heavy atom. The molecule has 19 heavy (non-hydrogen) atoms. The zero-order chi connectivity index (χ0) is 14.0. The van der Waals surface area contributed by atoms with Gasteiger partial charge in [0.15, 0.2) is 5.76 Å². The first-order valence-electron chi connectivity index (χ1n) is 6.32. The molecule has 1 N–H and O–H groups in total. The van der Waals surface area contributed by atoms with Crippen molar-refractivity contribution in [3.05, 3.63) is 41.3 Å². The number of nitrogens with zero attached hydrogens (tertiary/aromatic N) is 1. The minimum Gasteiger partial charge on any atom is -0.356 e. The average molecular weight is 262 g/mol. The quantitative estimate of drug-likeness (QED) is 0.917. The van der Waals surface area contributed by atoms with E-state index < -0.39 is 0 Å². The van der Waals surface area contributed by atoms with Crippen molar-refractivity contribution in [2.45, 2.75) is 39.8 Å². The first-order valence-corrected chi connectivity index (χ1v) is 6.32. The summed E-state index contributed by atoms with van der Waals surface area (Å²) >= 11 is 0. The van der Waals surface area contributed by atoms with Gasteiger partial charge in [-0.15, -0.1) is 0 Å². The van der Waals surface area contributed by atoms with Gasteiger partial charge in [0.2, 0.25) is 0 Å². The van der Waals surface area contributed by atoms with Crippen LogP contribution in [0.15, 0.2) is 28.9 Å². The molecule has 2 aromatic rings. The van der Waals surface area contributed by atoms with Crippen molar-refractivity contribution in [2.75, 3.05) is 0 Å². The highest BCUT2D eigenvalue weighted by atomic mass is 19.1. The summed E-state index contributed by atoms with van der Waals surface area (Å²) in [5.41, 5.74) is 2.27. The number of nitrogens with one attached hydrogen (secondary N) is 1. The molecule has 0 saturated heterocycles. The summed E-state index contributed by atoms with van der Waals surface area (Å²) in [6.45, 7) is 8.64. The minimum absolute atomic E-state index is 0.00701. The predicted molar refractivity (Wildman–Crippen MR) is 73.2 cm³/mol. The van der Waals surface area contributed by atoms with Crippen molar-refractivity contribution in [3.8, 4) is 11.3 Å². The normalized spacial score (nSPS) is 11.8. The first kappa shape index (κ1) is 13.7. The maximum absolute atomic E-state index is 13.6. The number of hydrogen-bond acceptors (Lipinski definition) is 3. The molecule has 1 heterocycles. The number of aromatic nitrogens is 1. The van der Waals surface area contributed by atoms with Gasteiger partial charge in [0.1, 0.15) is 5.82 Å². The Kier molecular flexibility index (Phi) is 3.71. The van der Waals surface area contributed by atoms with Gasteiger partial charge in [0.25, 0.3) is 0 Å². The lowest BCUT2D eigenvalue weighted by atomic mass is 10.1. The summed E-state index contributed by atoms with van der Waals surface area (Å²) in [6.07, 6.45) is 1.67. The van der Waals surface area contributed by atoms with Crippen LogP contribution in [0, 0.1) is 12.7 Å². The summed E-state index contributed by atoms with van der Waals surface area (Å²) in [5, 5.41) is 7.18. The Morgan fingerprint density at radius 1 is 1.32 bits per heavy atom. The minimum atomic E-state index is -0.233. The van der Waals surface area contributed by atoms with Crippen LogP contribution in [-0.4, -0.2) is 10.7 Å². The van der Waals surface area contributed by atoms with Crippen molar-refractivity contribution in [1.82, 2.24) is 10.5 Å². The van der Waals surface area contributed by atoms with Gasteiger partial charge in [-0.2, -0.15) is 0 Å². The third-order valence-electron chi connectivity index (χ3n) is 2.89. The van der Waals surface area contributed by atoms with Crippen LogP contribution in [0.25, 0.3) is 11.3 Å². The topological polar surface area (TPSA) is 38.1 Å². The van der Waals surface area contributed by atoms with E-state index in [9.17, 15) is 4.39 Å². The second-order valence-corrected chi connectivity index (χ2v) is 5.75. The van der Waals surface area contributed by atoms with Gasteiger partial charge in [-0.05, 0) is 39.3 Å². The zero-order valence-corrected chi connectivity index (χ0v) is 11.7. The Morgan fingerprint density at radius 3 is 2.68 bits per heavy atom. The summed E-state index contributed by atoms with van der Waals surface area (Å²) in [7, 11) is 0. The SMILES string of the molecule is Cc1ccc(-c2oncc2CNC(C)(C)C)cc1F. The summed E-state index contributed by atoms with van der Waals surface area (Å²) in [4.78, 5) is 0. The van der Waals surface area contributed by atoms with Crippen molar-refractivity contribution < 1.29 is 8.91 Å². The van der Waals surface area contributed by atoms with E-state index in [0.29, 0.717) is 23.4 Å². The molecule has 0 aliphatic rings. The van der Waals surface area contributed by atoms with E-state index >= 15 is 0 Å². The van der Waals surface area contributed by atoms with Gasteiger partial charge in [-0.3, -0.25) is 0 Å². The number of halogens is 1. The monoisotopic (exact) mass is 262 g/mol. The molecule has 0 unspecified atom stereocenters. The van der Waals surface area contributed by atoms with Gasteiger partial charge >= 0.3 is 0 Å². The van der Waals surface area contributed by atoms with Crippen LogP contribution in [0.4, 0.5) is 4.39 Å². The van der Waals surface area contributed by atoms with Crippen molar-refractivity contribution in [2.24, 2.45) is 0 Å². The molecule has 4 heteroatoms. The number of rotatable bonds is 3. The van der Waals surface area contributed by atoms with E-state index in [2.05, 4.69) is 31.2 Å². The van der Waals surface area contributed by atoms with Crippen LogP contribution in [0.1, 0.15) is 31.9 Å². The molecule has 0 saturated carbocycles. The van der Waals surface area contributed by atoms with E-state index in [1.807, 2.05) is 6.07 Å². The highest BCUT2D eigenvalue weighted by molar-refractivity contribution is 5.61. The fraction of sp³-hybridized carbons (Fsp3) is 0.400. The van der Waals surface area contributed by atoms with Crippen LogP contribution in [-0.2, 0) is 6.54 Å². The maximum Gasteiger partial charge on any atom is 0.171 e. The zero-order valence-electron chi connectivity index (χ0n) is 11.7. The molecule has 0 aliphatic heterocycles. The molecular formula is C15H19FN2O. The Labute approximate surface area is 112 Å². The number of aryl methyl sites for hydroxylation is 1. The Hall–Kier alpha value is -1.68.